The standard InChI is InChI=1S/C11H20F2N2/c12-10(13)7-15-6-2-4-11(9-15)3-1-5-14-8-11/h10,14H,1-9H2. The Kier molecular flexibility index (Phi) is 3.57. The van der Waals surface area contributed by atoms with Crippen LogP contribution in [-0.2, 0) is 0 Å². The summed E-state index contributed by atoms with van der Waals surface area (Å²) in [5, 5.41) is 3.40. The van der Waals surface area contributed by atoms with Crippen molar-refractivity contribution in [3.8, 4) is 0 Å². The van der Waals surface area contributed by atoms with Gasteiger partial charge in [-0.05, 0) is 44.2 Å². The first kappa shape index (κ1) is 11.3. The minimum atomic E-state index is -2.18. The number of rotatable bonds is 2. The summed E-state index contributed by atoms with van der Waals surface area (Å²) in [4.78, 5) is 1.95. The van der Waals surface area contributed by atoms with Gasteiger partial charge in [0.05, 0.1) is 6.54 Å². The van der Waals surface area contributed by atoms with Gasteiger partial charge in [0, 0.05) is 13.1 Å². The minimum absolute atomic E-state index is 0.0399. The molecule has 1 atom stereocenters. The van der Waals surface area contributed by atoms with Crippen molar-refractivity contribution >= 4 is 0 Å². The van der Waals surface area contributed by atoms with Gasteiger partial charge in [-0.1, -0.05) is 0 Å². The van der Waals surface area contributed by atoms with Crippen LogP contribution in [0, 0.1) is 5.41 Å². The molecule has 1 spiro atoms. The van der Waals surface area contributed by atoms with Gasteiger partial charge in [0.15, 0.2) is 0 Å². The third kappa shape index (κ3) is 2.88. The fourth-order valence-electron chi connectivity index (χ4n) is 3.04. The van der Waals surface area contributed by atoms with E-state index in [0.717, 1.165) is 32.6 Å². The molecule has 2 aliphatic rings. The van der Waals surface area contributed by atoms with E-state index in [1.54, 1.807) is 0 Å². The van der Waals surface area contributed by atoms with E-state index in [1.807, 2.05) is 4.90 Å². The van der Waals surface area contributed by atoms with Gasteiger partial charge in [0.1, 0.15) is 0 Å². The summed E-state index contributed by atoms with van der Waals surface area (Å²) in [6.07, 6.45) is 2.51. The highest BCUT2D eigenvalue weighted by atomic mass is 19.3. The maximum absolute atomic E-state index is 12.3. The summed E-state index contributed by atoms with van der Waals surface area (Å²) in [5.74, 6) is 0. The molecule has 4 heteroatoms. The van der Waals surface area contributed by atoms with Crippen molar-refractivity contribution in [2.45, 2.75) is 32.1 Å². The average Bonchev–Trinajstić information content (AvgIpc) is 2.17. The van der Waals surface area contributed by atoms with Gasteiger partial charge >= 0.3 is 0 Å². The lowest BCUT2D eigenvalue weighted by Gasteiger charge is -2.45. The van der Waals surface area contributed by atoms with E-state index in [2.05, 4.69) is 5.32 Å². The SMILES string of the molecule is FC(F)CN1CCCC2(CCCNC2)C1. The topological polar surface area (TPSA) is 15.3 Å². The summed E-state index contributed by atoms with van der Waals surface area (Å²) >= 11 is 0. The van der Waals surface area contributed by atoms with Crippen LogP contribution in [0.15, 0.2) is 0 Å². The van der Waals surface area contributed by atoms with Gasteiger partial charge in [-0.15, -0.1) is 0 Å². The van der Waals surface area contributed by atoms with Crippen molar-refractivity contribution in [1.29, 1.82) is 0 Å². The molecule has 0 aromatic heterocycles. The Labute approximate surface area is 90.0 Å². The number of halogens is 2. The molecule has 1 unspecified atom stereocenters. The molecule has 0 saturated carbocycles. The van der Waals surface area contributed by atoms with Gasteiger partial charge in [0.2, 0.25) is 0 Å². The maximum Gasteiger partial charge on any atom is 0.251 e. The Morgan fingerprint density at radius 3 is 2.73 bits per heavy atom. The second kappa shape index (κ2) is 4.74. The number of hydrogen-bond acceptors (Lipinski definition) is 2. The zero-order chi connectivity index (χ0) is 10.7. The predicted octanol–water partition coefficient (Wildman–Crippen LogP) is 1.72. The van der Waals surface area contributed by atoms with Crippen molar-refractivity contribution in [3.63, 3.8) is 0 Å². The zero-order valence-electron chi connectivity index (χ0n) is 9.14. The van der Waals surface area contributed by atoms with Crippen LogP contribution >= 0.6 is 0 Å². The molecule has 0 radical (unpaired) electrons. The quantitative estimate of drug-likeness (QED) is 0.759. The van der Waals surface area contributed by atoms with E-state index >= 15 is 0 Å². The fraction of sp³-hybridized carbons (Fsp3) is 1.00. The molecule has 0 amide bonds. The van der Waals surface area contributed by atoms with Crippen LogP contribution in [0.5, 0.6) is 0 Å². The smallest absolute Gasteiger partial charge is 0.251 e. The Hall–Kier alpha value is -0.220. The molecule has 2 fully saturated rings. The molecule has 0 aromatic rings. The number of piperidine rings is 2. The highest BCUT2D eigenvalue weighted by molar-refractivity contribution is 4.91. The Morgan fingerprint density at radius 2 is 2.07 bits per heavy atom. The highest BCUT2D eigenvalue weighted by Gasteiger charge is 2.36. The van der Waals surface area contributed by atoms with Crippen molar-refractivity contribution < 1.29 is 8.78 Å². The summed E-state index contributed by atoms with van der Waals surface area (Å²) in [5.41, 5.74) is 0.297. The molecule has 2 aliphatic heterocycles. The maximum atomic E-state index is 12.3. The Bertz CT molecular complexity index is 197. The van der Waals surface area contributed by atoms with E-state index in [1.165, 1.54) is 19.3 Å². The molecule has 0 bridgehead atoms. The lowest BCUT2D eigenvalue weighted by Crippen LogP contribution is -2.51. The highest BCUT2D eigenvalue weighted by Crippen LogP contribution is 2.35. The Morgan fingerprint density at radius 1 is 1.27 bits per heavy atom. The van der Waals surface area contributed by atoms with Gasteiger partial charge in [-0.2, -0.15) is 0 Å². The zero-order valence-corrected chi connectivity index (χ0v) is 9.14. The summed E-state index contributed by atoms with van der Waals surface area (Å²) in [7, 11) is 0. The van der Waals surface area contributed by atoms with Gasteiger partial charge in [-0.25, -0.2) is 8.78 Å². The van der Waals surface area contributed by atoms with Gasteiger partial charge in [0.25, 0.3) is 6.43 Å². The third-order valence-corrected chi connectivity index (χ3v) is 3.70. The number of hydrogen-bond donors (Lipinski definition) is 1. The van der Waals surface area contributed by atoms with E-state index in [9.17, 15) is 8.78 Å². The molecular formula is C11H20F2N2. The van der Waals surface area contributed by atoms with Crippen LogP contribution < -0.4 is 5.32 Å². The molecule has 0 aliphatic carbocycles. The van der Waals surface area contributed by atoms with Crippen LogP contribution in [0.25, 0.3) is 0 Å². The third-order valence-electron chi connectivity index (χ3n) is 3.70. The first-order chi connectivity index (χ1) is 7.20. The molecule has 15 heavy (non-hydrogen) atoms. The summed E-state index contributed by atoms with van der Waals surface area (Å²) < 4.78 is 24.6. The number of nitrogens with zero attached hydrogens (tertiary/aromatic N) is 1. The number of nitrogens with one attached hydrogen (secondary N) is 1. The predicted molar refractivity (Wildman–Crippen MR) is 56.2 cm³/mol. The molecule has 0 aromatic carbocycles. The summed E-state index contributed by atoms with van der Waals surface area (Å²) in [6.45, 7) is 3.79. The van der Waals surface area contributed by atoms with Crippen molar-refractivity contribution in [2.75, 3.05) is 32.7 Å². The van der Waals surface area contributed by atoms with Crippen molar-refractivity contribution in [3.05, 3.63) is 0 Å². The van der Waals surface area contributed by atoms with Crippen LogP contribution in [0.2, 0.25) is 0 Å². The second-order valence-corrected chi connectivity index (χ2v) is 5.01. The normalized spacial score (nSPS) is 33.8. The van der Waals surface area contributed by atoms with E-state index in [0.29, 0.717) is 5.41 Å². The first-order valence-corrected chi connectivity index (χ1v) is 5.91. The average molecular weight is 218 g/mol. The van der Waals surface area contributed by atoms with E-state index < -0.39 is 6.43 Å². The molecule has 88 valence electrons. The molecule has 2 nitrogen and oxygen atoms in total. The first-order valence-electron chi connectivity index (χ1n) is 5.91. The van der Waals surface area contributed by atoms with Crippen molar-refractivity contribution in [1.82, 2.24) is 10.2 Å². The number of likely N-dealkylation sites (tertiary alicyclic amines) is 1. The monoisotopic (exact) mass is 218 g/mol. The van der Waals surface area contributed by atoms with E-state index in [-0.39, 0.29) is 6.54 Å². The minimum Gasteiger partial charge on any atom is -0.316 e. The molecule has 2 heterocycles. The van der Waals surface area contributed by atoms with Crippen LogP contribution in [0.3, 0.4) is 0 Å². The molecule has 1 N–H and O–H groups in total. The lowest BCUT2D eigenvalue weighted by atomic mass is 9.74. The molecule has 2 saturated heterocycles. The fourth-order valence-corrected chi connectivity index (χ4v) is 3.04. The second-order valence-electron chi connectivity index (χ2n) is 5.01. The van der Waals surface area contributed by atoms with Crippen LogP contribution in [0.4, 0.5) is 8.78 Å². The van der Waals surface area contributed by atoms with Gasteiger partial charge in [-0.3, -0.25) is 4.90 Å². The molecule has 2 rings (SSSR count). The molecular weight excluding hydrogens is 198 g/mol. The number of alkyl halides is 2. The summed E-state index contributed by atoms with van der Waals surface area (Å²) in [6, 6.07) is 0. The van der Waals surface area contributed by atoms with E-state index in [4.69, 9.17) is 0 Å². The van der Waals surface area contributed by atoms with Gasteiger partial charge < -0.3 is 5.32 Å². The van der Waals surface area contributed by atoms with Crippen LogP contribution in [-0.4, -0.2) is 44.0 Å². The van der Waals surface area contributed by atoms with Crippen molar-refractivity contribution in [2.24, 2.45) is 5.41 Å². The Balaban J connectivity index is 1.90. The lowest BCUT2D eigenvalue weighted by molar-refractivity contribution is 0.0209. The van der Waals surface area contributed by atoms with Crippen LogP contribution in [0.1, 0.15) is 25.7 Å². The largest absolute Gasteiger partial charge is 0.316 e.